The summed E-state index contributed by atoms with van der Waals surface area (Å²) < 4.78 is 5.65. The van der Waals surface area contributed by atoms with E-state index in [1.165, 1.54) is 23.1 Å². The molecule has 2 N–H and O–H groups in total. The van der Waals surface area contributed by atoms with Crippen LogP contribution in [0.2, 0.25) is 0 Å². The van der Waals surface area contributed by atoms with Gasteiger partial charge >= 0.3 is 0 Å². The van der Waals surface area contributed by atoms with Gasteiger partial charge < -0.3 is 15.1 Å². The SMILES string of the molecule is CC(=O)NCc1ccc(-c2csc(NC(=O)CCc3cccs3)n2)o1. The Labute approximate surface area is 152 Å². The summed E-state index contributed by atoms with van der Waals surface area (Å²) in [4.78, 5) is 28.5. The van der Waals surface area contributed by atoms with Crippen LogP contribution in [0.1, 0.15) is 24.0 Å². The molecule has 25 heavy (non-hydrogen) atoms. The highest BCUT2D eigenvalue weighted by atomic mass is 32.1. The Bertz CT molecular complexity index is 852. The summed E-state index contributed by atoms with van der Waals surface area (Å²) in [7, 11) is 0. The number of carbonyl (C=O) groups excluding carboxylic acids is 2. The van der Waals surface area contributed by atoms with E-state index in [0.717, 1.165) is 6.42 Å². The number of aromatic nitrogens is 1. The van der Waals surface area contributed by atoms with E-state index in [1.807, 2.05) is 22.9 Å². The van der Waals surface area contributed by atoms with E-state index in [-0.39, 0.29) is 11.8 Å². The first kappa shape index (κ1) is 17.4. The normalized spacial score (nSPS) is 10.6. The van der Waals surface area contributed by atoms with Gasteiger partial charge in [-0.15, -0.1) is 22.7 Å². The Morgan fingerprint density at radius 2 is 2.12 bits per heavy atom. The van der Waals surface area contributed by atoms with Crippen LogP contribution < -0.4 is 10.6 Å². The maximum atomic E-state index is 12.0. The van der Waals surface area contributed by atoms with Gasteiger partial charge in [-0.2, -0.15) is 0 Å². The Hall–Kier alpha value is -2.45. The second-order valence-corrected chi connectivity index (χ2v) is 7.23. The van der Waals surface area contributed by atoms with E-state index in [2.05, 4.69) is 15.6 Å². The van der Waals surface area contributed by atoms with Crippen LogP contribution in [0.3, 0.4) is 0 Å². The van der Waals surface area contributed by atoms with Crippen LogP contribution in [0.15, 0.2) is 39.4 Å². The molecule has 2 amide bonds. The number of furan rings is 1. The molecule has 0 radical (unpaired) electrons. The Morgan fingerprint density at radius 1 is 1.24 bits per heavy atom. The van der Waals surface area contributed by atoms with Crippen LogP contribution >= 0.6 is 22.7 Å². The number of amides is 2. The summed E-state index contributed by atoms with van der Waals surface area (Å²) >= 11 is 3.00. The van der Waals surface area contributed by atoms with Crippen molar-refractivity contribution in [3.8, 4) is 11.5 Å². The van der Waals surface area contributed by atoms with Gasteiger partial charge in [0.05, 0.1) is 6.54 Å². The van der Waals surface area contributed by atoms with Crippen molar-refractivity contribution >= 4 is 39.6 Å². The second-order valence-electron chi connectivity index (χ2n) is 5.34. The van der Waals surface area contributed by atoms with Gasteiger partial charge in [-0.1, -0.05) is 6.07 Å². The minimum absolute atomic E-state index is 0.0555. The van der Waals surface area contributed by atoms with Crippen LogP contribution in [-0.2, 0) is 22.6 Å². The predicted molar refractivity (Wildman–Crippen MR) is 98.6 cm³/mol. The van der Waals surface area contributed by atoms with Crippen molar-refractivity contribution in [2.45, 2.75) is 26.3 Å². The summed E-state index contributed by atoms with van der Waals surface area (Å²) in [6.45, 7) is 1.80. The highest BCUT2D eigenvalue weighted by molar-refractivity contribution is 7.14. The number of anilines is 1. The lowest BCUT2D eigenvalue weighted by Gasteiger charge is -2.00. The van der Waals surface area contributed by atoms with Gasteiger partial charge in [-0.25, -0.2) is 4.98 Å². The third-order valence-corrected chi connectivity index (χ3v) is 5.05. The van der Waals surface area contributed by atoms with Gasteiger partial charge in [0.2, 0.25) is 11.8 Å². The van der Waals surface area contributed by atoms with Gasteiger partial charge in [0.15, 0.2) is 10.9 Å². The minimum atomic E-state index is -0.112. The van der Waals surface area contributed by atoms with E-state index < -0.39 is 0 Å². The molecule has 3 aromatic heterocycles. The van der Waals surface area contributed by atoms with Crippen molar-refractivity contribution in [3.05, 3.63) is 45.7 Å². The molecule has 0 spiro atoms. The summed E-state index contributed by atoms with van der Waals surface area (Å²) in [5.74, 6) is 1.09. The van der Waals surface area contributed by atoms with Gasteiger partial charge in [-0.05, 0) is 30.0 Å². The highest BCUT2D eigenvalue weighted by Gasteiger charge is 2.11. The van der Waals surface area contributed by atoms with Gasteiger partial charge in [-0.3, -0.25) is 9.59 Å². The zero-order chi connectivity index (χ0) is 17.6. The molecule has 6 nitrogen and oxygen atoms in total. The maximum Gasteiger partial charge on any atom is 0.226 e. The zero-order valence-corrected chi connectivity index (χ0v) is 15.2. The molecule has 0 aliphatic carbocycles. The molecule has 3 rings (SSSR count). The molecule has 130 valence electrons. The molecule has 8 heteroatoms. The lowest BCUT2D eigenvalue weighted by atomic mass is 10.2. The van der Waals surface area contributed by atoms with Crippen molar-refractivity contribution in [2.75, 3.05) is 5.32 Å². The van der Waals surface area contributed by atoms with Crippen LogP contribution in [0.25, 0.3) is 11.5 Å². The largest absolute Gasteiger partial charge is 0.458 e. The number of rotatable bonds is 7. The monoisotopic (exact) mass is 375 g/mol. The van der Waals surface area contributed by atoms with Crippen molar-refractivity contribution in [3.63, 3.8) is 0 Å². The van der Waals surface area contributed by atoms with Crippen LogP contribution in [0.5, 0.6) is 0 Å². The Balaban J connectivity index is 1.55. The van der Waals surface area contributed by atoms with Crippen molar-refractivity contribution in [1.29, 1.82) is 0 Å². The summed E-state index contributed by atoms with van der Waals surface area (Å²) in [5.41, 5.74) is 0.660. The average molecular weight is 375 g/mol. The smallest absolute Gasteiger partial charge is 0.226 e. The van der Waals surface area contributed by atoms with Crippen molar-refractivity contribution < 1.29 is 14.0 Å². The quantitative estimate of drug-likeness (QED) is 0.660. The first-order chi connectivity index (χ1) is 12.1. The molecular formula is C17H17N3O3S2. The number of thiophene rings is 1. The zero-order valence-electron chi connectivity index (χ0n) is 13.6. The van der Waals surface area contributed by atoms with E-state index in [0.29, 0.717) is 35.3 Å². The van der Waals surface area contributed by atoms with Gasteiger partial charge in [0, 0.05) is 23.6 Å². The number of thiazole rings is 1. The molecule has 0 aliphatic rings. The number of carbonyl (C=O) groups is 2. The number of nitrogens with one attached hydrogen (secondary N) is 2. The second kappa shape index (κ2) is 8.09. The average Bonchev–Trinajstić information content (AvgIpc) is 3.32. The lowest BCUT2D eigenvalue weighted by molar-refractivity contribution is -0.119. The predicted octanol–water partition coefficient (Wildman–Crippen LogP) is 3.67. The molecule has 0 aromatic carbocycles. The highest BCUT2D eigenvalue weighted by Crippen LogP contribution is 2.26. The minimum Gasteiger partial charge on any atom is -0.458 e. The number of aryl methyl sites for hydroxylation is 1. The first-order valence-corrected chi connectivity index (χ1v) is 9.47. The summed E-state index contributed by atoms with van der Waals surface area (Å²) in [6.07, 6.45) is 1.16. The topological polar surface area (TPSA) is 84.2 Å². The number of hydrogen-bond donors (Lipinski definition) is 2. The molecule has 3 aromatic rings. The molecular weight excluding hydrogens is 358 g/mol. The van der Waals surface area contributed by atoms with Crippen LogP contribution in [-0.4, -0.2) is 16.8 Å². The molecule has 0 fully saturated rings. The summed E-state index contributed by atoms with van der Waals surface area (Å²) in [6, 6.07) is 7.60. The third kappa shape index (κ3) is 5.01. The maximum absolute atomic E-state index is 12.0. The molecule has 0 aliphatic heterocycles. The van der Waals surface area contributed by atoms with Crippen molar-refractivity contribution in [1.82, 2.24) is 10.3 Å². The molecule has 3 heterocycles. The molecule has 0 atom stereocenters. The summed E-state index contributed by atoms with van der Waals surface area (Å²) in [5, 5.41) is 9.87. The number of hydrogen-bond acceptors (Lipinski definition) is 6. The third-order valence-electron chi connectivity index (χ3n) is 3.35. The fourth-order valence-electron chi connectivity index (χ4n) is 2.14. The lowest BCUT2D eigenvalue weighted by Crippen LogP contribution is -2.18. The number of nitrogens with zero attached hydrogens (tertiary/aromatic N) is 1. The first-order valence-electron chi connectivity index (χ1n) is 7.71. The van der Waals surface area contributed by atoms with Crippen LogP contribution in [0, 0.1) is 0 Å². The van der Waals surface area contributed by atoms with Crippen molar-refractivity contribution in [2.24, 2.45) is 0 Å². The van der Waals surface area contributed by atoms with E-state index >= 15 is 0 Å². The Kier molecular flexibility index (Phi) is 5.62. The van der Waals surface area contributed by atoms with E-state index in [4.69, 9.17) is 4.42 Å². The van der Waals surface area contributed by atoms with Gasteiger partial charge in [0.1, 0.15) is 11.5 Å². The van der Waals surface area contributed by atoms with Gasteiger partial charge in [0.25, 0.3) is 0 Å². The van der Waals surface area contributed by atoms with Crippen LogP contribution in [0.4, 0.5) is 5.13 Å². The molecule has 0 saturated carbocycles. The van der Waals surface area contributed by atoms with E-state index in [1.54, 1.807) is 23.5 Å². The Morgan fingerprint density at radius 3 is 2.88 bits per heavy atom. The molecule has 0 unspecified atom stereocenters. The van der Waals surface area contributed by atoms with E-state index in [9.17, 15) is 9.59 Å². The molecule has 0 bridgehead atoms. The standard InChI is InChI=1S/C17H17N3O3S2/c1-11(21)18-9-12-4-6-15(23-12)14-10-25-17(19-14)20-16(22)7-5-13-3-2-8-24-13/h2-4,6,8,10H,5,7,9H2,1H3,(H,18,21)(H,19,20,22). The fourth-order valence-corrected chi connectivity index (χ4v) is 3.56. The molecule has 0 saturated heterocycles. The fraction of sp³-hybridized carbons (Fsp3) is 0.235.